The second kappa shape index (κ2) is 6.48. The summed E-state index contributed by atoms with van der Waals surface area (Å²) in [5.41, 5.74) is 6.60. The van der Waals surface area contributed by atoms with Crippen molar-refractivity contribution >= 4 is 6.03 Å². The number of halogens is 1. The van der Waals surface area contributed by atoms with Crippen molar-refractivity contribution in [2.75, 3.05) is 6.54 Å². The molecule has 1 aromatic carbocycles. The molecule has 0 radical (unpaired) electrons. The van der Waals surface area contributed by atoms with Crippen molar-refractivity contribution in [1.29, 1.82) is 0 Å². The first-order valence-electron chi connectivity index (χ1n) is 8.20. The van der Waals surface area contributed by atoms with Crippen LogP contribution in [0.25, 0.3) is 0 Å². The maximum absolute atomic E-state index is 12.9. The minimum Gasteiger partial charge on any atom is -0.338 e. The minimum absolute atomic E-state index is 0.0611. The molecule has 0 aromatic heterocycles. The van der Waals surface area contributed by atoms with Gasteiger partial charge in [0.2, 0.25) is 0 Å². The first-order chi connectivity index (χ1) is 10.6. The van der Waals surface area contributed by atoms with Crippen LogP contribution in [0, 0.1) is 5.82 Å². The van der Waals surface area contributed by atoms with Crippen LogP contribution in [0.3, 0.4) is 0 Å². The molecule has 2 amide bonds. The largest absolute Gasteiger partial charge is 0.338 e. The summed E-state index contributed by atoms with van der Waals surface area (Å²) in [5, 5.41) is 2.99. The van der Waals surface area contributed by atoms with Crippen molar-refractivity contribution in [1.82, 2.24) is 10.2 Å². The van der Waals surface area contributed by atoms with Gasteiger partial charge in [-0.3, -0.25) is 0 Å². The first kappa shape index (κ1) is 17.7. The maximum atomic E-state index is 12.9. The third kappa shape index (κ3) is 4.22. The van der Waals surface area contributed by atoms with Gasteiger partial charge >= 0.3 is 6.03 Å². The number of carbonyl (C=O) groups excluding carboxylic acids is 1. The van der Waals surface area contributed by atoms with E-state index in [2.05, 4.69) is 33.0 Å². The molecule has 1 aliphatic rings. The number of nitrogens with two attached hydrogens (primary N) is 1. The van der Waals surface area contributed by atoms with Crippen molar-refractivity contribution in [2.24, 2.45) is 5.73 Å². The summed E-state index contributed by atoms with van der Waals surface area (Å²) in [5.74, 6) is -0.244. The van der Waals surface area contributed by atoms with Gasteiger partial charge in [0.05, 0.1) is 0 Å². The molecule has 128 valence electrons. The lowest BCUT2D eigenvalue weighted by molar-refractivity contribution is 0.00325. The highest BCUT2D eigenvalue weighted by Gasteiger charge is 2.46. The van der Waals surface area contributed by atoms with Gasteiger partial charge in [0.1, 0.15) is 5.82 Å². The summed E-state index contributed by atoms with van der Waals surface area (Å²) >= 11 is 0. The van der Waals surface area contributed by atoms with E-state index in [0.29, 0.717) is 13.0 Å². The molecule has 4 nitrogen and oxygen atoms in total. The molecule has 3 N–H and O–H groups in total. The van der Waals surface area contributed by atoms with E-state index >= 15 is 0 Å². The molecule has 1 saturated heterocycles. The predicted molar refractivity (Wildman–Crippen MR) is 90.7 cm³/mol. The molecular weight excluding hydrogens is 293 g/mol. The smallest absolute Gasteiger partial charge is 0.318 e. The van der Waals surface area contributed by atoms with Crippen LogP contribution in [0.2, 0.25) is 0 Å². The van der Waals surface area contributed by atoms with Crippen LogP contribution in [0.4, 0.5) is 9.18 Å². The molecule has 0 spiro atoms. The molecule has 2 rings (SSSR count). The fourth-order valence-electron chi connectivity index (χ4n) is 3.95. The third-order valence-corrected chi connectivity index (χ3v) is 4.54. The van der Waals surface area contributed by atoms with E-state index in [1.54, 1.807) is 12.1 Å². The summed E-state index contributed by atoms with van der Waals surface area (Å²) in [4.78, 5) is 14.6. The Morgan fingerprint density at radius 2 is 1.74 bits per heavy atom. The lowest BCUT2D eigenvalue weighted by atomic mass is 9.77. The average molecular weight is 321 g/mol. The third-order valence-electron chi connectivity index (χ3n) is 4.54. The lowest BCUT2D eigenvalue weighted by Gasteiger charge is -2.54. The van der Waals surface area contributed by atoms with E-state index < -0.39 is 0 Å². The van der Waals surface area contributed by atoms with Crippen LogP contribution in [0.15, 0.2) is 24.3 Å². The second-order valence-electron chi connectivity index (χ2n) is 7.74. The minimum atomic E-state index is -0.277. The van der Waals surface area contributed by atoms with Gasteiger partial charge in [-0.25, -0.2) is 9.18 Å². The van der Waals surface area contributed by atoms with Gasteiger partial charge in [-0.05, 0) is 64.7 Å². The van der Waals surface area contributed by atoms with Crippen LogP contribution in [0.5, 0.6) is 0 Å². The quantitative estimate of drug-likeness (QED) is 0.899. The molecule has 0 saturated carbocycles. The van der Waals surface area contributed by atoms with Gasteiger partial charge in [-0.15, -0.1) is 0 Å². The highest BCUT2D eigenvalue weighted by Crippen LogP contribution is 2.37. The van der Waals surface area contributed by atoms with E-state index in [1.165, 1.54) is 12.1 Å². The molecule has 1 aliphatic heterocycles. The fraction of sp³-hybridized carbons (Fsp3) is 0.611. The Morgan fingerprint density at radius 1 is 1.22 bits per heavy atom. The average Bonchev–Trinajstić information content (AvgIpc) is 2.37. The van der Waals surface area contributed by atoms with Crippen molar-refractivity contribution in [2.45, 2.75) is 64.1 Å². The molecule has 0 atom stereocenters. The number of rotatable bonds is 3. The normalized spacial score (nSPS) is 20.3. The van der Waals surface area contributed by atoms with Crippen LogP contribution in [-0.4, -0.2) is 34.6 Å². The molecule has 5 heteroatoms. The Bertz CT molecular complexity index is 536. The summed E-state index contributed by atoms with van der Waals surface area (Å²) in [6.07, 6.45) is 2.27. The molecular formula is C18H28FN3O. The molecule has 1 fully saturated rings. The van der Waals surface area contributed by atoms with Gasteiger partial charge in [-0.2, -0.15) is 0 Å². The van der Waals surface area contributed by atoms with Crippen molar-refractivity contribution in [3.63, 3.8) is 0 Å². The number of piperidine rings is 1. The van der Waals surface area contributed by atoms with Crippen molar-refractivity contribution < 1.29 is 9.18 Å². The van der Waals surface area contributed by atoms with Crippen LogP contribution < -0.4 is 11.1 Å². The summed E-state index contributed by atoms with van der Waals surface area (Å²) in [6.45, 7) is 8.78. The summed E-state index contributed by atoms with van der Waals surface area (Å²) in [7, 11) is 0. The molecule has 1 aromatic rings. The molecule has 0 unspecified atom stereocenters. The SMILES string of the molecule is CC1(C)CC(N)CC(C)(C)N1C(=O)NCCc1ccc(F)cc1. The zero-order chi connectivity index (χ0) is 17.3. The monoisotopic (exact) mass is 321 g/mol. The summed E-state index contributed by atoms with van der Waals surface area (Å²) < 4.78 is 12.9. The number of hydrogen-bond donors (Lipinski definition) is 2. The highest BCUT2D eigenvalue weighted by molar-refractivity contribution is 5.76. The standard InChI is InChI=1S/C18H28FN3O/c1-17(2)11-15(20)12-18(3,4)22(17)16(23)21-10-9-13-5-7-14(19)8-6-13/h5-8,15H,9-12,20H2,1-4H3,(H,21,23). The Balaban J connectivity index is 1.97. The second-order valence-corrected chi connectivity index (χ2v) is 7.74. The Morgan fingerprint density at radius 3 is 2.26 bits per heavy atom. The van der Waals surface area contributed by atoms with Gasteiger partial charge in [0.25, 0.3) is 0 Å². The van der Waals surface area contributed by atoms with Gasteiger partial charge in [-0.1, -0.05) is 12.1 Å². The van der Waals surface area contributed by atoms with Gasteiger partial charge in [0.15, 0.2) is 0 Å². The fourth-order valence-corrected chi connectivity index (χ4v) is 3.95. The Hall–Kier alpha value is -1.62. The number of benzene rings is 1. The topological polar surface area (TPSA) is 58.4 Å². The van der Waals surface area contributed by atoms with Gasteiger partial charge < -0.3 is 16.0 Å². The number of urea groups is 1. The Kier molecular flexibility index (Phi) is 4.99. The zero-order valence-electron chi connectivity index (χ0n) is 14.5. The number of amides is 2. The number of hydrogen-bond acceptors (Lipinski definition) is 2. The number of nitrogens with zero attached hydrogens (tertiary/aromatic N) is 1. The number of likely N-dealkylation sites (tertiary alicyclic amines) is 1. The number of carbonyl (C=O) groups is 1. The first-order valence-corrected chi connectivity index (χ1v) is 8.20. The van der Waals surface area contributed by atoms with Crippen LogP contribution >= 0.6 is 0 Å². The van der Waals surface area contributed by atoms with E-state index in [1.807, 2.05) is 4.90 Å². The molecule has 23 heavy (non-hydrogen) atoms. The van der Waals surface area contributed by atoms with Crippen molar-refractivity contribution in [3.05, 3.63) is 35.6 Å². The Labute approximate surface area is 138 Å². The number of nitrogens with one attached hydrogen (secondary N) is 1. The van der Waals surface area contributed by atoms with E-state index in [0.717, 1.165) is 18.4 Å². The van der Waals surface area contributed by atoms with E-state index in [-0.39, 0.29) is 29.0 Å². The maximum Gasteiger partial charge on any atom is 0.318 e. The van der Waals surface area contributed by atoms with Crippen LogP contribution in [-0.2, 0) is 6.42 Å². The lowest BCUT2D eigenvalue weighted by Crippen LogP contribution is -2.67. The molecule has 1 heterocycles. The van der Waals surface area contributed by atoms with Crippen LogP contribution in [0.1, 0.15) is 46.1 Å². The molecule has 0 aliphatic carbocycles. The van der Waals surface area contributed by atoms with Crippen molar-refractivity contribution in [3.8, 4) is 0 Å². The molecule has 0 bridgehead atoms. The predicted octanol–water partition coefficient (Wildman–Crippen LogP) is 3.06. The highest BCUT2D eigenvalue weighted by atomic mass is 19.1. The van der Waals surface area contributed by atoms with Gasteiger partial charge in [0, 0.05) is 23.7 Å². The van der Waals surface area contributed by atoms with E-state index in [9.17, 15) is 9.18 Å². The summed E-state index contributed by atoms with van der Waals surface area (Å²) in [6, 6.07) is 6.42. The van der Waals surface area contributed by atoms with E-state index in [4.69, 9.17) is 5.73 Å². The zero-order valence-corrected chi connectivity index (χ0v) is 14.5.